The Kier molecular flexibility index (Phi) is 8.96. The number of nitrogens with one attached hydrogen (secondary N) is 2. The molecule has 0 bridgehead atoms. The Morgan fingerprint density at radius 1 is 0.939 bits per heavy atom. The van der Waals surface area contributed by atoms with Crippen LogP contribution in [0.4, 0.5) is 4.39 Å². The summed E-state index contributed by atoms with van der Waals surface area (Å²) in [4.78, 5) is 26.7. The van der Waals surface area contributed by atoms with Crippen LogP contribution in [0.3, 0.4) is 0 Å². The van der Waals surface area contributed by atoms with Crippen LogP contribution < -0.4 is 10.0 Å². The zero-order chi connectivity index (χ0) is 23.7. The molecule has 33 heavy (non-hydrogen) atoms. The van der Waals surface area contributed by atoms with Crippen molar-refractivity contribution in [2.45, 2.75) is 49.5 Å². The van der Waals surface area contributed by atoms with Crippen LogP contribution in [0.15, 0.2) is 59.5 Å². The Labute approximate surface area is 194 Å². The minimum absolute atomic E-state index is 0.0243. The summed E-state index contributed by atoms with van der Waals surface area (Å²) in [5.41, 5.74) is 0.745. The summed E-state index contributed by atoms with van der Waals surface area (Å²) in [6.07, 6.45) is 4.42. The van der Waals surface area contributed by atoms with Crippen molar-refractivity contribution in [1.29, 1.82) is 0 Å². The van der Waals surface area contributed by atoms with Crippen molar-refractivity contribution >= 4 is 21.8 Å². The van der Waals surface area contributed by atoms with Gasteiger partial charge in [0.05, 0.1) is 0 Å². The number of halogens is 1. The Hall–Kier alpha value is -2.78. The molecule has 0 unspecified atom stereocenters. The predicted molar refractivity (Wildman–Crippen MR) is 123 cm³/mol. The molecule has 2 amide bonds. The molecule has 1 saturated heterocycles. The fourth-order valence-electron chi connectivity index (χ4n) is 3.85. The molecular weight excluding hydrogens is 445 g/mol. The number of carbonyl (C=O) groups is 2. The van der Waals surface area contributed by atoms with Gasteiger partial charge in [0.2, 0.25) is 21.8 Å². The highest BCUT2D eigenvalue weighted by Crippen LogP contribution is 2.15. The van der Waals surface area contributed by atoms with E-state index in [1.165, 1.54) is 12.1 Å². The molecule has 0 radical (unpaired) electrons. The molecule has 1 heterocycles. The summed E-state index contributed by atoms with van der Waals surface area (Å²) in [7, 11) is -4.28. The molecule has 0 saturated carbocycles. The lowest BCUT2D eigenvalue weighted by atomic mass is 10.1. The van der Waals surface area contributed by atoms with Crippen LogP contribution >= 0.6 is 0 Å². The second kappa shape index (κ2) is 11.9. The van der Waals surface area contributed by atoms with E-state index in [0.717, 1.165) is 56.5 Å². The molecule has 2 aromatic carbocycles. The van der Waals surface area contributed by atoms with Gasteiger partial charge in [-0.1, -0.05) is 55.3 Å². The van der Waals surface area contributed by atoms with Gasteiger partial charge in [-0.25, -0.2) is 12.8 Å². The lowest BCUT2D eigenvalue weighted by Gasteiger charge is -2.21. The number of benzene rings is 2. The van der Waals surface area contributed by atoms with E-state index >= 15 is 0 Å². The summed E-state index contributed by atoms with van der Waals surface area (Å²) in [5, 5.41) is 2.67. The van der Waals surface area contributed by atoms with Gasteiger partial charge < -0.3 is 10.2 Å². The first kappa shape index (κ1) is 24.9. The van der Waals surface area contributed by atoms with Gasteiger partial charge in [-0.3, -0.25) is 9.59 Å². The van der Waals surface area contributed by atoms with Crippen molar-refractivity contribution in [2.75, 3.05) is 19.6 Å². The van der Waals surface area contributed by atoms with Crippen LogP contribution in [0.2, 0.25) is 0 Å². The third-order valence-corrected chi connectivity index (χ3v) is 7.12. The van der Waals surface area contributed by atoms with E-state index < -0.39 is 32.7 Å². The van der Waals surface area contributed by atoms with Gasteiger partial charge in [-0.15, -0.1) is 0 Å². The molecule has 2 N–H and O–H groups in total. The number of hydrogen-bond acceptors (Lipinski definition) is 4. The molecule has 1 atom stereocenters. The molecule has 0 aromatic heterocycles. The van der Waals surface area contributed by atoms with E-state index in [4.69, 9.17) is 0 Å². The van der Waals surface area contributed by atoms with Crippen molar-refractivity contribution < 1.29 is 22.4 Å². The summed E-state index contributed by atoms with van der Waals surface area (Å²) in [5.74, 6) is -1.49. The van der Waals surface area contributed by atoms with Crippen LogP contribution in [-0.4, -0.2) is 50.8 Å². The average molecular weight is 476 g/mol. The maximum absolute atomic E-state index is 14.1. The van der Waals surface area contributed by atoms with Crippen LogP contribution in [0, 0.1) is 5.82 Å². The topological polar surface area (TPSA) is 95.6 Å². The van der Waals surface area contributed by atoms with Gasteiger partial charge in [-0.05, 0) is 37.0 Å². The molecule has 1 aliphatic heterocycles. The number of nitrogens with zero attached hydrogens (tertiary/aromatic N) is 1. The first-order valence-electron chi connectivity index (χ1n) is 11.2. The second-order valence-electron chi connectivity index (χ2n) is 8.13. The molecule has 1 fully saturated rings. The number of rotatable bonds is 9. The summed E-state index contributed by atoms with van der Waals surface area (Å²) >= 11 is 0. The molecule has 0 aliphatic carbocycles. The van der Waals surface area contributed by atoms with Crippen molar-refractivity contribution in [1.82, 2.24) is 14.9 Å². The fraction of sp³-hybridized carbons (Fsp3) is 0.417. The maximum Gasteiger partial charge on any atom is 0.244 e. The van der Waals surface area contributed by atoms with Gasteiger partial charge >= 0.3 is 0 Å². The first-order chi connectivity index (χ1) is 15.9. The Balaban J connectivity index is 1.66. The quantitative estimate of drug-likeness (QED) is 0.583. The summed E-state index contributed by atoms with van der Waals surface area (Å²) in [6, 6.07) is 12.8. The predicted octanol–water partition coefficient (Wildman–Crippen LogP) is 2.62. The Bertz CT molecular complexity index is 1040. The standard InChI is InChI=1S/C24H30FN3O4S/c25-20-12-6-7-13-22(20)33(31,32)27-21(18-19-10-4-3-5-11-19)24(30)26-15-14-23(29)28-16-8-1-2-9-17-28/h3-7,10-13,21,27H,1-2,8-9,14-18H2,(H,26,30)/t21-/m0/s1. The molecule has 0 spiro atoms. The number of carbonyl (C=O) groups excluding carboxylic acids is 2. The van der Waals surface area contributed by atoms with Gasteiger partial charge in [-0.2, -0.15) is 4.72 Å². The molecular formula is C24H30FN3O4S. The Morgan fingerprint density at radius 3 is 2.24 bits per heavy atom. The van der Waals surface area contributed by atoms with E-state index in [9.17, 15) is 22.4 Å². The van der Waals surface area contributed by atoms with Crippen LogP contribution in [0.1, 0.15) is 37.7 Å². The number of sulfonamides is 1. The van der Waals surface area contributed by atoms with Gasteiger partial charge in [0.15, 0.2) is 0 Å². The van der Waals surface area contributed by atoms with Crippen LogP contribution in [-0.2, 0) is 26.0 Å². The SMILES string of the molecule is O=C(NCCC(=O)N1CCCCCC1)[C@H](Cc1ccccc1)NS(=O)(=O)c1ccccc1F. The third kappa shape index (κ3) is 7.36. The van der Waals surface area contributed by atoms with E-state index in [1.807, 2.05) is 11.0 Å². The number of hydrogen-bond donors (Lipinski definition) is 2. The fourth-order valence-corrected chi connectivity index (χ4v) is 5.12. The van der Waals surface area contributed by atoms with E-state index in [2.05, 4.69) is 10.0 Å². The minimum Gasteiger partial charge on any atom is -0.354 e. The van der Waals surface area contributed by atoms with E-state index in [-0.39, 0.29) is 25.3 Å². The summed E-state index contributed by atoms with van der Waals surface area (Å²) < 4.78 is 42.0. The zero-order valence-electron chi connectivity index (χ0n) is 18.5. The van der Waals surface area contributed by atoms with Gasteiger partial charge in [0.25, 0.3) is 0 Å². The number of amides is 2. The monoisotopic (exact) mass is 475 g/mol. The normalized spacial score (nSPS) is 15.5. The van der Waals surface area contributed by atoms with Crippen molar-refractivity contribution in [2.24, 2.45) is 0 Å². The lowest BCUT2D eigenvalue weighted by Crippen LogP contribution is -2.48. The maximum atomic E-state index is 14.1. The Morgan fingerprint density at radius 2 is 1.58 bits per heavy atom. The molecule has 7 nitrogen and oxygen atoms in total. The van der Waals surface area contributed by atoms with Crippen molar-refractivity contribution in [3.63, 3.8) is 0 Å². The third-order valence-electron chi connectivity index (χ3n) is 5.62. The van der Waals surface area contributed by atoms with Crippen LogP contribution in [0.25, 0.3) is 0 Å². The van der Waals surface area contributed by atoms with E-state index in [0.29, 0.717) is 0 Å². The van der Waals surface area contributed by atoms with Crippen molar-refractivity contribution in [3.05, 3.63) is 66.0 Å². The summed E-state index contributed by atoms with van der Waals surface area (Å²) in [6.45, 7) is 1.55. The second-order valence-corrected chi connectivity index (χ2v) is 9.81. The number of likely N-dealkylation sites (tertiary alicyclic amines) is 1. The smallest absolute Gasteiger partial charge is 0.244 e. The minimum atomic E-state index is -4.28. The van der Waals surface area contributed by atoms with E-state index in [1.54, 1.807) is 24.3 Å². The average Bonchev–Trinajstić information content (AvgIpc) is 3.09. The van der Waals surface area contributed by atoms with Crippen molar-refractivity contribution in [3.8, 4) is 0 Å². The highest BCUT2D eigenvalue weighted by Gasteiger charge is 2.28. The zero-order valence-corrected chi connectivity index (χ0v) is 19.3. The van der Waals surface area contributed by atoms with Gasteiger partial charge in [0.1, 0.15) is 16.8 Å². The highest BCUT2D eigenvalue weighted by atomic mass is 32.2. The molecule has 1 aliphatic rings. The largest absolute Gasteiger partial charge is 0.354 e. The first-order valence-corrected chi connectivity index (χ1v) is 12.7. The molecule has 9 heteroatoms. The van der Waals surface area contributed by atoms with Gasteiger partial charge in [0, 0.05) is 26.1 Å². The molecule has 2 aromatic rings. The lowest BCUT2D eigenvalue weighted by molar-refractivity contribution is -0.131. The highest BCUT2D eigenvalue weighted by molar-refractivity contribution is 7.89. The van der Waals surface area contributed by atoms with Crippen LogP contribution in [0.5, 0.6) is 0 Å². The molecule has 3 rings (SSSR count). The molecule has 178 valence electrons.